The van der Waals surface area contributed by atoms with E-state index < -0.39 is 0 Å². The molecule has 14 heavy (non-hydrogen) atoms. The highest BCUT2D eigenvalue weighted by Crippen LogP contribution is 2.28. The van der Waals surface area contributed by atoms with Crippen LogP contribution in [-0.2, 0) is 4.79 Å². The van der Waals surface area contributed by atoms with Gasteiger partial charge in [0.15, 0.2) is 0 Å². The van der Waals surface area contributed by atoms with Gasteiger partial charge in [-0.2, -0.15) is 5.10 Å². The van der Waals surface area contributed by atoms with E-state index in [0.717, 1.165) is 22.1 Å². The number of nitrogens with zero attached hydrogens (tertiary/aromatic N) is 1. The number of halogens is 1. The van der Waals surface area contributed by atoms with Gasteiger partial charge in [0, 0.05) is 10.8 Å². The molecule has 1 fully saturated rings. The van der Waals surface area contributed by atoms with Gasteiger partial charge in [-0.3, -0.25) is 4.79 Å². The maximum absolute atomic E-state index is 11.2. The second-order valence-corrected chi connectivity index (χ2v) is 4.90. The summed E-state index contributed by atoms with van der Waals surface area (Å²) in [6.07, 6.45) is 3.59. The predicted molar refractivity (Wildman–Crippen MR) is 57.8 cm³/mol. The summed E-state index contributed by atoms with van der Waals surface area (Å²) in [5, 5.41) is 3.84. The van der Waals surface area contributed by atoms with Crippen molar-refractivity contribution >= 4 is 35.1 Å². The van der Waals surface area contributed by atoms with Gasteiger partial charge >= 0.3 is 0 Å². The van der Waals surface area contributed by atoms with Crippen LogP contribution in [0.2, 0.25) is 4.34 Å². The van der Waals surface area contributed by atoms with Gasteiger partial charge in [0.05, 0.1) is 10.6 Å². The molecule has 0 saturated heterocycles. The van der Waals surface area contributed by atoms with E-state index in [0.29, 0.717) is 0 Å². The van der Waals surface area contributed by atoms with Crippen molar-refractivity contribution in [1.29, 1.82) is 0 Å². The molecule has 0 spiro atoms. The monoisotopic (exact) mass is 228 g/mol. The van der Waals surface area contributed by atoms with Crippen molar-refractivity contribution in [1.82, 2.24) is 5.43 Å². The average molecular weight is 229 g/mol. The zero-order valence-corrected chi connectivity index (χ0v) is 8.94. The number of carbonyl (C=O) groups excluding carboxylic acids is 1. The van der Waals surface area contributed by atoms with E-state index in [1.165, 1.54) is 11.3 Å². The summed E-state index contributed by atoms with van der Waals surface area (Å²) in [7, 11) is 0. The first kappa shape index (κ1) is 9.68. The Morgan fingerprint density at radius 2 is 2.43 bits per heavy atom. The minimum absolute atomic E-state index is 0.0175. The van der Waals surface area contributed by atoms with Crippen molar-refractivity contribution in [3.63, 3.8) is 0 Å². The number of hydrazone groups is 1. The van der Waals surface area contributed by atoms with Crippen molar-refractivity contribution in [2.75, 3.05) is 0 Å². The van der Waals surface area contributed by atoms with Crippen LogP contribution in [0.15, 0.2) is 17.2 Å². The average Bonchev–Trinajstić information content (AvgIpc) is 2.92. The lowest BCUT2D eigenvalue weighted by molar-refractivity contribution is -0.122. The van der Waals surface area contributed by atoms with Crippen molar-refractivity contribution in [3.8, 4) is 0 Å². The summed E-state index contributed by atoms with van der Waals surface area (Å²) in [4.78, 5) is 12.1. The molecular formula is C9H9ClN2OS. The van der Waals surface area contributed by atoms with Crippen molar-refractivity contribution in [3.05, 3.63) is 21.3 Å². The van der Waals surface area contributed by atoms with Gasteiger partial charge < -0.3 is 0 Å². The number of amides is 1. The molecule has 0 bridgehead atoms. The highest BCUT2D eigenvalue weighted by molar-refractivity contribution is 7.17. The summed E-state index contributed by atoms with van der Waals surface area (Å²) >= 11 is 7.16. The summed E-state index contributed by atoms with van der Waals surface area (Å²) in [5.41, 5.74) is 2.50. The molecule has 3 nitrogen and oxygen atoms in total. The molecule has 74 valence electrons. The normalized spacial score (nSPS) is 16.1. The van der Waals surface area contributed by atoms with Crippen LogP contribution in [0.1, 0.15) is 17.7 Å². The van der Waals surface area contributed by atoms with Crippen LogP contribution in [0.4, 0.5) is 0 Å². The number of thiophene rings is 1. The van der Waals surface area contributed by atoms with Gasteiger partial charge in [-0.15, -0.1) is 11.3 Å². The molecule has 5 heteroatoms. The Morgan fingerprint density at radius 1 is 1.64 bits per heavy atom. The van der Waals surface area contributed by atoms with Gasteiger partial charge in [-0.25, -0.2) is 5.43 Å². The van der Waals surface area contributed by atoms with Crippen LogP contribution in [0.25, 0.3) is 0 Å². The maximum atomic E-state index is 11.2. The SMILES string of the molecule is O=C(N/N=C/c1ccc(Cl)s1)C1CC1. The Labute approximate surface area is 90.8 Å². The van der Waals surface area contributed by atoms with E-state index in [1.54, 1.807) is 12.3 Å². The van der Waals surface area contributed by atoms with Gasteiger partial charge in [0.25, 0.3) is 0 Å². The molecule has 1 aliphatic rings. The van der Waals surface area contributed by atoms with E-state index >= 15 is 0 Å². The van der Waals surface area contributed by atoms with Crippen LogP contribution in [-0.4, -0.2) is 12.1 Å². The number of hydrogen-bond acceptors (Lipinski definition) is 3. The zero-order chi connectivity index (χ0) is 9.97. The number of nitrogens with one attached hydrogen (secondary N) is 1. The minimum atomic E-state index is 0.0175. The first-order valence-electron chi connectivity index (χ1n) is 4.34. The number of hydrogen-bond donors (Lipinski definition) is 1. The first-order chi connectivity index (χ1) is 6.75. The number of rotatable bonds is 3. The topological polar surface area (TPSA) is 41.5 Å². The maximum Gasteiger partial charge on any atom is 0.243 e. The lowest BCUT2D eigenvalue weighted by Gasteiger charge is -1.93. The fourth-order valence-corrected chi connectivity index (χ4v) is 1.93. The third kappa shape index (κ3) is 2.56. The predicted octanol–water partition coefficient (Wildman–Crippen LogP) is 2.26. The Kier molecular flexibility index (Phi) is 2.84. The fourth-order valence-electron chi connectivity index (χ4n) is 0.994. The molecular weight excluding hydrogens is 220 g/mol. The quantitative estimate of drug-likeness (QED) is 0.626. The van der Waals surface area contributed by atoms with E-state index in [1.807, 2.05) is 6.07 Å². The lowest BCUT2D eigenvalue weighted by Crippen LogP contribution is -2.18. The lowest BCUT2D eigenvalue weighted by atomic mass is 10.4. The standard InChI is InChI=1S/C9H9ClN2OS/c10-8-4-3-7(14-8)5-11-12-9(13)6-1-2-6/h3-6H,1-2H2,(H,12,13)/b11-5+. The first-order valence-corrected chi connectivity index (χ1v) is 5.53. The molecule has 0 radical (unpaired) electrons. The van der Waals surface area contributed by atoms with E-state index in [-0.39, 0.29) is 11.8 Å². The highest BCUT2D eigenvalue weighted by atomic mass is 35.5. The van der Waals surface area contributed by atoms with Crippen LogP contribution >= 0.6 is 22.9 Å². The van der Waals surface area contributed by atoms with E-state index in [9.17, 15) is 4.79 Å². The van der Waals surface area contributed by atoms with Crippen LogP contribution < -0.4 is 5.43 Å². The van der Waals surface area contributed by atoms with Gasteiger partial charge in [0.1, 0.15) is 0 Å². The summed E-state index contributed by atoms with van der Waals surface area (Å²) < 4.78 is 0.722. The van der Waals surface area contributed by atoms with E-state index in [2.05, 4.69) is 10.5 Å². The minimum Gasteiger partial charge on any atom is -0.273 e. The highest BCUT2D eigenvalue weighted by Gasteiger charge is 2.29. The third-order valence-corrected chi connectivity index (χ3v) is 3.07. The molecule has 1 aliphatic carbocycles. The van der Waals surface area contributed by atoms with Gasteiger partial charge in [-0.05, 0) is 25.0 Å². The molecule has 1 aromatic rings. The largest absolute Gasteiger partial charge is 0.273 e. The molecule has 0 unspecified atom stereocenters. The Bertz CT molecular complexity index is 371. The van der Waals surface area contributed by atoms with Crippen LogP contribution in [0.5, 0.6) is 0 Å². The molecule has 2 rings (SSSR count). The Morgan fingerprint density at radius 3 is 3.00 bits per heavy atom. The zero-order valence-electron chi connectivity index (χ0n) is 7.37. The fraction of sp³-hybridized carbons (Fsp3) is 0.333. The molecule has 1 amide bonds. The van der Waals surface area contributed by atoms with Crippen LogP contribution in [0, 0.1) is 5.92 Å². The summed E-state index contributed by atoms with van der Waals surface area (Å²) in [5.74, 6) is 0.211. The molecule has 1 saturated carbocycles. The Hall–Kier alpha value is -0.870. The molecule has 1 heterocycles. The summed E-state index contributed by atoms with van der Waals surface area (Å²) in [6.45, 7) is 0. The molecule has 0 aromatic carbocycles. The Balaban J connectivity index is 1.84. The second-order valence-electron chi connectivity index (χ2n) is 3.15. The van der Waals surface area contributed by atoms with Crippen molar-refractivity contribution < 1.29 is 4.79 Å². The van der Waals surface area contributed by atoms with Gasteiger partial charge in [-0.1, -0.05) is 11.6 Å². The number of carbonyl (C=O) groups is 1. The summed E-state index contributed by atoms with van der Waals surface area (Å²) in [6, 6.07) is 3.66. The molecule has 0 aliphatic heterocycles. The molecule has 0 atom stereocenters. The van der Waals surface area contributed by atoms with Crippen molar-refractivity contribution in [2.24, 2.45) is 11.0 Å². The second kappa shape index (κ2) is 4.11. The van der Waals surface area contributed by atoms with Crippen LogP contribution in [0.3, 0.4) is 0 Å². The van der Waals surface area contributed by atoms with Crippen molar-refractivity contribution in [2.45, 2.75) is 12.8 Å². The van der Waals surface area contributed by atoms with E-state index in [4.69, 9.17) is 11.6 Å². The van der Waals surface area contributed by atoms with Gasteiger partial charge in [0.2, 0.25) is 5.91 Å². The molecule has 1 N–H and O–H groups in total. The third-order valence-electron chi connectivity index (χ3n) is 1.91. The molecule has 1 aromatic heterocycles. The smallest absolute Gasteiger partial charge is 0.243 e.